The minimum Gasteiger partial charge on any atom is -0.360 e. The van der Waals surface area contributed by atoms with Crippen LogP contribution >= 0.6 is 11.3 Å². The van der Waals surface area contributed by atoms with Gasteiger partial charge in [0.1, 0.15) is 0 Å². The number of alkyl halides is 3. The Bertz CT molecular complexity index is 1100. The molecule has 0 fully saturated rings. The molecular weight excluding hydrogens is 399 g/mol. The molecule has 29 heavy (non-hydrogen) atoms. The molecule has 0 aliphatic heterocycles. The van der Waals surface area contributed by atoms with Crippen molar-refractivity contribution >= 4 is 27.4 Å². The van der Waals surface area contributed by atoms with Crippen LogP contribution in [0.1, 0.15) is 11.1 Å². The van der Waals surface area contributed by atoms with E-state index in [-0.39, 0.29) is 6.04 Å². The average molecular weight is 417 g/mol. The van der Waals surface area contributed by atoms with Crippen molar-refractivity contribution in [1.82, 2.24) is 15.2 Å². The summed E-state index contributed by atoms with van der Waals surface area (Å²) in [6.07, 6.45) is -0.282. The summed E-state index contributed by atoms with van der Waals surface area (Å²) in [6, 6.07) is 10.9. The molecule has 2 aromatic carbocycles. The van der Waals surface area contributed by atoms with Gasteiger partial charge in [0, 0.05) is 24.2 Å². The van der Waals surface area contributed by atoms with Gasteiger partial charge in [-0.15, -0.1) is 0 Å². The summed E-state index contributed by atoms with van der Waals surface area (Å²) in [6.45, 7) is 0.466. The summed E-state index contributed by atoms with van der Waals surface area (Å²) in [7, 11) is 0. The van der Waals surface area contributed by atoms with Crippen molar-refractivity contribution in [3.05, 3.63) is 66.0 Å². The number of aromatic nitrogens is 3. The van der Waals surface area contributed by atoms with Gasteiger partial charge in [0.2, 0.25) is 0 Å². The monoisotopic (exact) mass is 417 g/mol. The first-order chi connectivity index (χ1) is 13.9. The second kappa shape index (κ2) is 7.84. The van der Waals surface area contributed by atoms with E-state index in [1.807, 2.05) is 18.2 Å². The van der Waals surface area contributed by atoms with Gasteiger partial charge >= 0.3 is 6.18 Å². The first-order valence-corrected chi connectivity index (χ1v) is 9.75. The standard InChI is InChI=1S/C20H18F3N5S/c21-20(22,23)15-5-1-12(2-6-15)7-16(24)10-25-19-26-11-18(29-19)13-3-4-14-9-27-28-17(14)8-13/h1-6,8-9,11,16H,7,10,24H2,(H,25,26)(H,27,28)/t16-/m0/s1. The first kappa shape index (κ1) is 19.4. The lowest BCUT2D eigenvalue weighted by Crippen LogP contribution is -2.31. The molecule has 0 bridgehead atoms. The number of hydrogen-bond donors (Lipinski definition) is 3. The number of anilines is 1. The molecule has 2 heterocycles. The molecule has 4 N–H and O–H groups in total. The third-order valence-electron chi connectivity index (χ3n) is 4.53. The Kier molecular flexibility index (Phi) is 5.25. The number of halogens is 3. The third kappa shape index (κ3) is 4.57. The van der Waals surface area contributed by atoms with E-state index >= 15 is 0 Å². The average Bonchev–Trinajstić information content (AvgIpc) is 3.35. The molecule has 0 saturated carbocycles. The van der Waals surface area contributed by atoms with Gasteiger partial charge in [-0.1, -0.05) is 35.6 Å². The van der Waals surface area contributed by atoms with Gasteiger partial charge in [-0.3, -0.25) is 5.10 Å². The zero-order valence-corrected chi connectivity index (χ0v) is 16.0. The fourth-order valence-corrected chi connectivity index (χ4v) is 3.82. The van der Waals surface area contributed by atoms with E-state index in [2.05, 4.69) is 20.5 Å². The fraction of sp³-hybridized carbons (Fsp3) is 0.200. The van der Waals surface area contributed by atoms with Gasteiger partial charge in [0.15, 0.2) is 5.13 Å². The molecule has 0 radical (unpaired) electrons. The smallest absolute Gasteiger partial charge is 0.360 e. The molecule has 4 aromatic rings. The number of fused-ring (bicyclic) bond motifs is 1. The second-order valence-corrected chi connectivity index (χ2v) is 7.77. The van der Waals surface area contributed by atoms with Crippen LogP contribution in [0, 0.1) is 0 Å². The normalized spacial score (nSPS) is 13.0. The van der Waals surface area contributed by atoms with E-state index in [9.17, 15) is 13.2 Å². The first-order valence-electron chi connectivity index (χ1n) is 8.93. The molecule has 0 aliphatic rings. The van der Waals surface area contributed by atoms with Crippen LogP contribution in [0.3, 0.4) is 0 Å². The third-order valence-corrected chi connectivity index (χ3v) is 5.53. The second-order valence-electron chi connectivity index (χ2n) is 6.74. The lowest BCUT2D eigenvalue weighted by Gasteiger charge is -2.13. The van der Waals surface area contributed by atoms with Crippen LogP contribution in [0.25, 0.3) is 21.3 Å². The zero-order valence-electron chi connectivity index (χ0n) is 15.2. The Hall–Kier alpha value is -2.91. The van der Waals surface area contributed by atoms with Crippen LogP contribution in [0.5, 0.6) is 0 Å². The molecule has 0 amide bonds. The lowest BCUT2D eigenvalue weighted by molar-refractivity contribution is -0.137. The van der Waals surface area contributed by atoms with Crippen molar-refractivity contribution < 1.29 is 13.2 Å². The lowest BCUT2D eigenvalue weighted by atomic mass is 10.0. The number of nitrogens with two attached hydrogens (primary N) is 1. The van der Waals surface area contributed by atoms with Crippen LogP contribution in [-0.2, 0) is 12.6 Å². The number of rotatable bonds is 6. The van der Waals surface area contributed by atoms with Crippen molar-refractivity contribution in [2.75, 3.05) is 11.9 Å². The van der Waals surface area contributed by atoms with E-state index in [4.69, 9.17) is 5.73 Å². The fourth-order valence-electron chi connectivity index (χ4n) is 3.00. The molecule has 0 saturated heterocycles. The van der Waals surface area contributed by atoms with E-state index in [1.165, 1.54) is 23.5 Å². The highest BCUT2D eigenvalue weighted by Gasteiger charge is 2.29. The molecule has 0 spiro atoms. The topological polar surface area (TPSA) is 79.6 Å². The van der Waals surface area contributed by atoms with Crippen LogP contribution < -0.4 is 11.1 Å². The number of thiazole rings is 1. The summed E-state index contributed by atoms with van der Waals surface area (Å²) in [5.74, 6) is 0. The van der Waals surface area contributed by atoms with E-state index < -0.39 is 11.7 Å². The summed E-state index contributed by atoms with van der Waals surface area (Å²) < 4.78 is 37.9. The van der Waals surface area contributed by atoms with Gasteiger partial charge in [0.05, 0.1) is 22.2 Å². The molecule has 2 aromatic heterocycles. The number of aromatic amines is 1. The zero-order chi connectivity index (χ0) is 20.4. The Labute approximate surface area is 168 Å². The van der Waals surface area contributed by atoms with Gasteiger partial charge in [-0.25, -0.2) is 4.98 Å². The van der Waals surface area contributed by atoms with E-state index in [0.29, 0.717) is 13.0 Å². The van der Waals surface area contributed by atoms with Crippen molar-refractivity contribution in [1.29, 1.82) is 0 Å². The van der Waals surface area contributed by atoms with Gasteiger partial charge in [-0.05, 0) is 35.7 Å². The highest BCUT2D eigenvalue weighted by atomic mass is 32.1. The Morgan fingerprint density at radius 2 is 1.90 bits per heavy atom. The van der Waals surface area contributed by atoms with Crippen molar-refractivity contribution in [2.45, 2.75) is 18.6 Å². The molecule has 4 rings (SSSR count). The van der Waals surface area contributed by atoms with Crippen LogP contribution in [0.2, 0.25) is 0 Å². The number of nitrogens with zero attached hydrogens (tertiary/aromatic N) is 2. The summed E-state index contributed by atoms with van der Waals surface area (Å²) >= 11 is 1.51. The number of nitrogens with one attached hydrogen (secondary N) is 2. The maximum absolute atomic E-state index is 12.6. The minimum atomic E-state index is -4.33. The SMILES string of the molecule is N[C@H](CNc1ncc(-c2ccc3cn[nH]c3c2)s1)Cc1ccc(C(F)(F)F)cc1. The summed E-state index contributed by atoms with van der Waals surface area (Å²) in [4.78, 5) is 5.39. The molecule has 0 aliphatic carbocycles. The van der Waals surface area contributed by atoms with Gasteiger partial charge < -0.3 is 11.1 Å². The van der Waals surface area contributed by atoms with Crippen LogP contribution in [0.15, 0.2) is 54.9 Å². The van der Waals surface area contributed by atoms with E-state index in [0.717, 1.165) is 44.2 Å². The predicted octanol–water partition coefficient (Wildman–Crippen LogP) is 4.69. The van der Waals surface area contributed by atoms with Crippen LogP contribution in [-0.4, -0.2) is 27.8 Å². The maximum atomic E-state index is 12.6. The maximum Gasteiger partial charge on any atom is 0.416 e. The van der Waals surface area contributed by atoms with Gasteiger partial charge in [0.25, 0.3) is 0 Å². The highest BCUT2D eigenvalue weighted by Crippen LogP contribution is 2.31. The quantitative estimate of drug-likeness (QED) is 0.425. The predicted molar refractivity (Wildman–Crippen MR) is 109 cm³/mol. The van der Waals surface area contributed by atoms with Crippen molar-refractivity contribution in [2.24, 2.45) is 5.73 Å². The molecule has 150 valence electrons. The number of hydrogen-bond acceptors (Lipinski definition) is 5. The summed E-state index contributed by atoms with van der Waals surface area (Å²) in [5, 5.41) is 12.0. The van der Waals surface area contributed by atoms with E-state index in [1.54, 1.807) is 12.4 Å². The van der Waals surface area contributed by atoms with Crippen LogP contribution in [0.4, 0.5) is 18.3 Å². The molecule has 0 unspecified atom stereocenters. The number of benzene rings is 2. The Morgan fingerprint density at radius 3 is 2.66 bits per heavy atom. The largest absolute Gasteiger partial charge is 0.416 e. The Morgan fingerprint density at radius 1 is 1.10 bits per heavy atom. The molecule has 9 heteroatoms. The van der Waals surface area contributed by atoms with Crippen molar-refractivity contribution in [3.63, 3.8) is 0 Å². The highest BCUT2D eigenvalue weighted by molar-refractivity contribution is 7.18. The molecule has 5 nitrogen and oxygen atoms in total. The van der Waals surface area contributed by atoms with Gasteiger partial charge in [-0.2, -0.15) is 18.3 Å². The molecule has 1 atom stereocenters. The Balaban J connectivity index is 1.34. The minimum absolute atomic E-state index is 0.250. The summed E-state index contributed by atoms with van der Waals surface area (Å²) in [5.41, 5.74) is 8.24. The number of H-pyrrole nitrogens is 1. The van der Waals surface area contributed by atoms with Crippen molar-refractivity contribution in [3.8, 4) is 10.4 Å². The molecular formula is C20H18F3N5S.